The van der Waals surface area contributed by atoms with Crippen LogP contribution in [0.25, 0.3) is 0 Å². The highest BCUT2D eigenvalue weighted by molar-refractivity contribution is 5.86. The number of hydrogen-bond acceptors (Lipinski definition) is 1. The molecule has 0 fully saturated rings. The van der Waals surface area contributed by atoms with E-state index in [1.54, 1.807) is 13.8 Å². The Morgan fingerprint density at radius 1 is 1.22 bits per heavy atom. The van der Waals surface area contributed by atoms with Crippen molar-refractivity contribution in [3.8, 4) is 0 Å². The minimum absolute atomic E-state index is 0. The van der Waals surface area contributed by atoms with Crippen LogP contribution in [0.15, 0.2) is 0 Å². The lowest BCUT2D eigenvalue weighted by atomic mass is 10.2. The monoisotopic (exact) mass is 195 g/mol. The molecule has 60 valence electrons. The Morgan fingerprint density at radius 3 is 1.33 bits per heavy atom. The minimum atomic E-state index is -0.241. The summed E-state index contributed by atoms with van der Waals surface area (Å²) < 4.78 is 0. The van der Waals surface area contributed by atoms with Crippen LogP contribution in [0.4, 0.5) is 0 Å². The number of primary amides is 1. The zero-order valence-electron chi connectivity index (χ0n) is 5.29. The van der Waals surface area contributed by atoms with E-state index in [0.717, 1.165) is 0 Å². The molecule has 9 heavy (non-hydrogen) atoms. The van der Waals surface area contributed by atoms with Gasteiger partial charge in [-0.1, -0.05) is 13.8 Å². The first kappa shape index (κ1) is 22.8. The van der Waals surface area contributed by atoms with Crippen molar-refractivity contribution in [3.05, 3.63) is 0 Å². The van der Waals surface area contributed by atoms with E-state index < -0.39 is 0 Å². The predicted octanol–water partition coefficient (Wildman–Crippen LogP) is 1.39. The zero-order chi connectivity index (χ0) is 5.15. The van der Waals surface area contributed by atoms with Crippen molar-refractivity contribution >= 4 is 43.1 Å². The van der Waals surface area contributed by atoms with E-state index in [0.29, 0.717) is 0 Å². The van der Waals surface area contributed by atoms with Gasteiger partial charge in [0.15, 0.2) is 0 Å². The molecule has 0 aromatic heterocycles. The highest BCUT2D eigenvalue weighted by Crippen LogP contribution is 1.84. The Hall–Kier alpha value is 0.340. The van der Waals surface area contributed by atoms with Gasteiger partial charge in [0.1, 0.15) is 0 Å². The second kappa shape index (κ2) is 11.2. The summed E-state index contributed by atoms with van der Waals surface area (Å²) in [6.07, 6.45) is 0. The van der Waals surface area contributed by atoms with Crippen LogP contribution in [-0.2, 0) is 4.79 Å². The molecule has 0 aromatic rings. The largest absolute Gasteiger partial charge is 0.369 e. The first-order valence-electron chi connectivity index (χ1n) is 1.94. The van der Waals surface area contributed by atoms with Gasteiger partial charge in [-0.2, -0.15) is 0 Å². The SMILES string of the molecule is CC(C)C(N)=O.Cl.Cl.Cl. The third-order valence-electron chi connectivity index (χ3n) is 0.569. The summed E-state index contributed by atoms with van der Waals surface area (Å²) >= 11 is 0. The van der Waals surface area contributed by atoms with E-state index in [9.17, 15) is 4.79 Å². The number of nitrogens with two attached hydrogens (primary N) is 1. The topological polar surface area (TPSA) is 43.1 Å². The number of halogens is 3. The van der Waals surface area contributed by atoms with Gasteiger partial charge in [-0.3, -0.25) is 4.79 Å². The van der Waals surface area contributed by atoms with Crippen molar-refractivity contribution in [2.75, 3.05) is 0 Å². The first-order chi connectivity index (χ1) is 2.64. The van der Waals surface area contributed by atoms with E-state index in [-0.39, 0.29) is 49.0 Å². The molecule has 5 heteroatoms. The Labute approximate surface area is 73.8 Å². The Bertz CT molecular complexity index is 66.8. The van der Waals surface area contributed by atoms with Crippen molar-refractivity contribution in [2.45, 2.75) is 13.8 Å². The molecule has 0 spiro atoms. The molecule has 0 aliphatic rings. The molecule has 0 saturated carbocycles. The van der Waals surface area contributed by atoms with Crippen LogP contribution in [0.5, 0.6) is 0 Å². The van der Waals surface area contributed by atoms with Gasteiger partial charge in [-0.05, 0) is 0 Å². The molecule has 0 radical (unpaired) electrons. The molecule has 0 atom stereocenters. The molecule has 0 bridgehead atoms. The third-order valence-corrected chi connectivity index (χ3v) is 0.569. The summed E-state index contributed by atoms with van der Waals surface area (Å²) in [4.78, 5) is 9.92. The van der Waals surface area contributed by atoms with E-state index in [4.69, 9.17) is 5.73 Å². The average molecular weight is 197 g/mol. The molecule has 1 amide bonds. The summed E-state index contributed by atoms with van der Waals surface area (Å²) in [7, 11) is 0. The maximum absolute atomic E-state index is 9.92. The first-order valence-corrected chi connectivity index (χ1v) is 1.94. The molecular weight excluding hydrogens is 184 g/mol. The number of hydrogen-bond donors (Lipinski definition) is 1. The quantitative estimate of drug-likeness (QED) is 0.677. The van der Waals surface area contributed by atoms with Gasteiger partial charge in [0.05, 0.1) is 0 Å². The molecule has 0 aliphatic heterocycles. The smallest absolute Gasteiger partial charge is 0.219 e. The number of carbonyl (C=O) groups is 1. The Morgan fingerprint density at radius 2 is 1.33 bits per heavy atom. The van der Waals surface area contributed by atoms with Crippen molar-refractivity contribution < 1.29 is 4.79 Å². The highest BCUT2D eigenvalue weighted by atomic mass is 35.5. The van der Waals surface area contributed by atoms with Gasteiger partial charge in [-0.15, -0.1) is 37.2 Å². The van der Waals surface area contributed by atoms with E-state index in [1.807, 2.05) is 0 Å². The van der Waals surface area contributed by atoms with Crippen LogP contribution in [0.2, 0.25) is 0 Å². The normalized spacial score (nSPS) is 6.11. The second-order valence-corrected chi connectivity index (χ2v) is 1.56. The Kier molecular flexibility index (Phi) is 28.3. The molecule has 0 heterocycles. The van der Waals surface area contributed by atoms with Gasteiger partial charge in [0, 0.05) is 5.92 Å². The molecule has 0 saturated heterocycles. The average Bonchev–Trinajstić information content (AvgIpc) is 1.36. The maximum atomic E-state index is 9.92. The van der Waals surface area contributed by atoms with Crippen molar-refractivity contribution in [3.63, 3.8) is 0 Å². The molecule has 2 nitrogen and oxygen atoms in total. The van der Waals surface area contributed by atoms with Crippen LogP contribution >= 0.6 is 37.2 Å². The third kappa shape index (κ3) is 17.8. The fraction of sp³-hybridized carbons (Fsp3) is 0.750. The van der Waals surface area contributed by atoms with Crippen LogP contribution in [0.3, 0.4) is 0 Å². The summed E-state index contributed by atoms with van der Waals surface area (Å²) in [6.45, 7) is 3.53. The van der Waals surface area contributed by atoms with Crippen LogP contribution in [0.1, 0.15) is 13.8 Å². The molecule has 0 rings (SSSR count). The van der Waals surface area contributed by atoms with Gasteiger partial charge >= 0.3 is 0 Å². The number of amides is 1. The van der Waals surface area contributed by atoms with Gasteiger partial charge in [0.25, 0.3) is 0 Å². The fourth-order valence-electron chi connectivity index (χ4n) is 0. The maximum Gasteiger partial charge on any atom is 0.219 e. The predicted molar refractivity (Wildman–Crippen MR) is 45.8 cm³/mol. The van der Waals surface area contributed by atoms with Crippen LogP contribution < -0.4 is 5.73 Å². The minimum Gasteiger partial charge on any atom is -0.369 e. The lowest BCUT2D eigenvalue weighted by Crippen LogP contribution is -2.17. The molecular formula is C4H12Cl3NO. The summed E-state index contributed by atoms with van der Waals surface area (Å²) in [5.74, 6) is -0.250. The summed E-state index contributed by atoms with van der Waals surface area (Å²) in [5.41, 5.74) is 4.80. The van der Waals surface area contributed by atoms with E-state index in [1.165, 1.54) is 0 Å². The number of rotatable bonds is 1. The fourth-order valence-corrected chi connectivity index (χ4v) is 0. The lowest BCUT2D eigenvalue weighted by Gasteiger charge is -1.90. The highest BCUT2D eigenvalue weighted by Gasteiger charge is 1.96. The van der Waals surface area contributed by atoms with E-state index >= 15 is 0 Å². The zero-order valence-corrected chi connectivity index (χ0v) is 7.74. The summed E-state index contributed by atoms with van der Waals surface area (Å²) in [6, 6.07) is 0. The summed E-state index contributed by atoms with van der Waals surface area (Å²) in [5, 5.41) is 0. The van der Waals surface area contributed by atoms with E-state index in [2.05, 4.69) is 0 Å². The van der Waals surface area contributed by atoms with Gasteiger partial charge < -0.3 is 5.73 Å². The van der Waals surface area contributed by atoms with Gasteiger partial charge in [0.2, 0.25) is 5.91 Å². The molecule has 0 aromatic carbocycles. The van der Waals surface area contributed by atoms with Crippen molar-refractivity contribution in [1.29, 1.82) is 0 Å². The molecule has 0 unspecified atom stereocenters. The Balaban J connectivity index is -0.0000000417. The van der Waals surface area contributed by atoms with Crippen LogP contribution in [-0.4, -0.2) is 5.91 Å². The molecule has 0 aliphatic carbocycles. The standard InChI is InChI=1S/C4H9NO.3ClH/c1-3(2)4(5)6;;;/h3H,1-2H3,(H2,5,6);3*1H. The second-order valence-electron chi connectivity index (χ2n) is 1.56. The molecule has 2 N–H and O–H groups in total. The van der Waals surface area contributed by atoms with Crippen molar-refractivity contribution in [2.24, 2.45) is 11.7 Å². The van der Waals surface area contributed by atoms with Crippen LogP contribution in [0, 0.1) is 5.92 Å². The number of carbonyl (C=O) groups excluding carboxylic acids is 1. The van der Waals surface area contributed by atoms with Gasteiger partial charge in [-0.25, -0.2) is 0 Å². The lowest BCUT2D eigenvalue weighted by molar-refractivity contribution is -0.120. The van der Waals surface area contributed by atoms with Crippen molar-refractivity contribution in [1.82, 2.24) is 0 Å².